The van der Waals surface area contributed by atoms with Crippen molar-refractivity contribution in [2.75, 3.05) is 13.2 Å². The maximum atomic E-state index is 6.09. The predicted molar refractivity (Wildman–Crippen MR) is 125 cm³/mol. The van der Waals surface area contributed by atoms with Crippen molar-refractivity contribution in [3.8, 4) is 0 Å². The minimum atomic E-state index is 0.652. The third-order valence-corrected chi connectivity index (χ3v) is 5.37. The van der Waals surface area contributed by atoms with E-state index in [1.54, 1.807) is 0 Å². The first kappa shape index (κ1) is 22.3. The Bertz CT molecular complexity index is 856. The van der Waals surface area contributed by atoms with Crippen LogP contribution in [0, 0.1) is 0 Å². The lowest BCUT2D eigenvalue weighted by molar-refractivity contribution is 0.128. The summed E-state index contributed by atoms with van der Waals surface area (Å²) < 4.78 is 12.1. The molecule has 0 atom stereocenters. The van der Waals surface area contributed by atoms with Crippen molar-refractivity contribution in [2.45, 2.75) is 52.7 Å². The minimum absolute atomic E-state index is 0.652. The van der Waals surface area contributed by atoms with Crippen LogP contribution in [0.25, 0.3) is 0 Å². The van der Waals surface area contributed by atoms with E-state index in [2.05, 4.69) is 74.5 Å². The molecule has 0 amide bonds. The summed E-state index contributed by atoms with van der Waals surface area (Å²) in [6, 6.07) is 20.8. The number of benzene rings is 2. The second kappa shape index (κ2) is 12.3. The average molecular weight is 403 g/mol. The Labute approximate surface area is 181 Å². The van der Waals surface area contributed by atoms with Crippen LogP contribution in [0.4, 0.5) is 0 Å². The summed E-state index contributed by atoms with van der Waals surface area (Å²) >= 11 is 0. The van der Waals surface area contributed by atoms with E-state index >= 15 is 0 Å². The standard InChI is InChI=1S/C28H34O2/c1-23(2)10-9-15-24-16-17-27(21-29-19-25-11-5-3-6-12-25)28(18-24)22-30-20-26-13-7-4-8-14-26/h3-8,10-14,16H,9,15,17-22H2,1-2H3. The fourth-order valence-corrected chi connectivity index (χ4v) is 3.67. The lowest BCUT2D eigenvalue weighted by atomic mass is 9.90. The average Bonchev–Trinajstić information content (AvgIpc) is 2.76. The minimum Gasteiger partial charge on any atom is -0.372 e. The van der Waals surface area contributed by atoms with Crippen LogP contribution in [0.1, 0.15) is 50.7 Å². The smallest absolute Gasteiger partial charge is 0.0721 e. The van der Waals surface area contributed by atoms with Gasteiger partial charge >= 0.3 is 0 Å². The molecule has 0 unspecified atom stereocenters. The molecule has 30 heavy (non-hydrogen) atoms. The van der Waals surface area contributed by atoms with Gasteiger partial charge in [0.05, 0.1) is 26.4 Å². The quantitative estimate of drug-likeness (QED) is 0.371. The van der Waals surface area contributed by atoms with Gasteiger partial charge in [0, 0.05) is 0 Å². The molecule has 0 spiro atoms. The number of rotatable bonds is 11. The van der Waals surface area contributed by atoms with E-state index in [9.17, 15) is 0 Å². The van der Waals surface area contributed by atoms with Gasteiger partial charge in [-0.05, 0) is 61.8 Å². The Kier molecular flexibility index (Phi) is 9.14. The van der Waals surface area contributed by atoms with Gasteiger partial charge in [-0.3, -0.25) is 0 Å². The molecule has 3 rings (SSSR count). The molecule has 158 valence electrons. The molecule has 0 N–H and O–H groups in total. The largest absolute Gasteiger partial charge is 0.372 e. The Morgan fingerprint density at radius 2 is 1.33 bits per heavy atom. The van der Waals surface area contributed by atoms with Crippen molar-refractivity contribution < 1.29 is 9.47 Å². The van der Waals surface area contributed by atoms with Crippen LogP contribution in [-0.4, -0.2) is 13.2 Å². The van der Waals surface area contributed by atoms with Crippen LogP contribution < -0.4 is 0 Å². The van der Waals surface area contributed by atoms with Crippen molar-refractivity contribution in [3.63, 3.8) is 0 Å². The topological polar surface area (TPSA) is 18.5 Å². The zero-order chi connectivity index (χ0) is 21.0. The van der Waals surface area contributed by atoms with E-state index in [-0.39, 0.29) is 0 Å². The summed E-state index contributed by atoms with van der Waals surface area (Å²) in [6.45, 7) is 6.99. The number of hydrogen-bond donors (Lipinski definition) is 0. The van der Waals surface area contributed by atoms with Crippen molar-refractivity contribution in [2.24, 2.45) is 0 Å². The van der Waals surface area contributed by atoms with Crippen LogP contribution >= 0.6 is 0 Å². The van der Waals surface area contributed by atoms with Gasteiger partial charge < -0.3 is 9.47 Å². The maximum absolute atomic E-state index is 6.09. The molecule has 0 radical (unpaired) electrons. The van der Waals surface area contributed by atoms with Crippen LogP contribution in [-0.2, 0) is 22.7 Å². The van der Waals surface area contributed by atoms with Crippen molar-refractivity contribution in [1.82, 2.24) is 0 Å². The number of allylic oxidation sites excluding steroid dienone is 4. The highest BCUT2D eigenvalue weighted by molar-refractivity contribution is 5.30. The molecule has 1 aliphatic rings. The lowest BCUT2D eigenvalue weighted by Gasteiger charge is -2.22. The van der Waals surface area contributed by atoms with Crippen LogP contribution in [0.5, 0.6) is 0 Å². The van der Waals surface area contributed by atoms with E-state index in [1.807, 2.05) is 12.1 Å². The summed E-state index contributed by atoms with van der Waals surface area (Å²) in [5.41, 5.74) is 8.13. The lowest BCUT2D eigenvalue weighted by Crippen LogP contribution is -2.11. The molecule has 0 aromatic heterocycles. The summed E-state index contributed by atoms with van der Waals surface area (Å²) in [6.07, 6.45) is 8.96. The molecule has 0 fully saturated rings. The molecule has 0 bridgehead atoms. The molecule has 0 saturated carbocycles. The first-order chi connectivity index (χ1) is 14.7. The fourth-order valence-electron chi connectivity index (χ4n) is 3.67. The number of ether oxygens (including phenoxy) is 2. The van der Waals surface area contributed by atoms with Crippen LogP contribution in [0.2, 0.25) is 0 Å². The normalized spacial score (nSPS) is 13.9. The van der Waals surface area contributed by atoms with E-state index < -0.39 is 0 Å². The van der Waals surface area contributed by atoms with Gasteiger partial charge in [0.15, 0.2) is 0 Å². The van der Waals surface area contributed by atoms with Gasteiger partial charge in [-0.1, -0.05) is 84.0 Å². The third-order valence-electron chi connectivity index (χ3n) is 5.37. The molecule has 1 aliphatic carbocycles. The van der Waals surface area contributed by atoms with E-state index in [1.165, 1.54) is 33.4 Å². The molecule has 2 heteroatoms. The van der Waals surface area contributed by atoms with E-state index in [0.717, 1.165) is 25.7 Å². The summed E-state index contributed by atoms with van der Waals surface area (Å²) in [4.78, 5) is 0. The Morgan fingerprint density at radius 1 is 0.767 bits per heavy atom. The summed E-state index contributed by atoms with van der Waals surface area (Å²) in [5, 5.41) is 0. The molecular formula is C28H34O2. The highest BCUT2D eigenvalue weighted by Gasteiger charge is 2.15. The SMILES string of the molecule is CC(C)=CCCC1=CCC(COCc2ccccc2)=C(COCc2ccccc2)C1. The second-order valence-electron chi connectivity index (χ2n) is 8.23. The van der Waals surface area contributed by atoms with Gasteiger partial charge in [-0.15, -0.1) is 0 Å². The monoisotopic (exact) mass is 402 g/mol. The van der Waals surface area contributed by atoms with E-state index in [4.69, 9.17) is 9.47 Å². The van der Waals surface area contributed by atoms with Crippen molar-refractivity contribution in [1.29, 1.82) is 0 Å². The maximum Gasteiger partial charge on any atom is 0.0721 e. The molecule has 0 saturated heterocycles. The van der Waals surface area contributed by atoms with Crippen LogP contribution in [0.15, 0.2) is 95.1 Å². The Hall–Kier alpha value is -2.42. The second-order valence-corrected chi connectivity index (χ2v) is 8.23. The molecule has 2 nitrogen and oxygen atoms in total. The zero-order valence-corrected chi connectivity index (χ0v) is 18.4. The predicted octanol–water partition coefficient (Wildman–Crippen LogP) is 7.18. The highest BCUT2D eigenvalue weighted by atomic mass is 16.5. The zero-order valence-electron chi connectivity index (χ0n) is 18.4. The van der Waals surface area contributed by atoms with Gasteiger partial charge in [0.1, 0.15) is 0 Å². The van der Waals surface area contributed by atoms with Gasteiger partial charge in [-0.25, -0.2) is 0 Å². The Balaban J connectivity index is 1.57. The molecule has 2 aromatic carbocycles. The van der Waals surface area contributed by atoms with Gasteiger partial charge in [-0.2, -0.15) is 0 Å². The Morgan fingerprint density at radius 3 is 1.90 bits per heavy atom. The highest BCUT2D eigenvalue weighted by Crippen LogP contribution is 2.28. The van der Waals surface area contributed by atoms with Gasteiger partial charge in [0.25, 0.3) is 0 Å². The third kappa shape index (κ3) is 7.78. The molecule has 0 aliphatic heterocycles. The first-order valence-corrected chi connectivity index (χ1v) is 10.9. The van der Waals surface area contributed by atoms with Crippen molar-refractivity contribution in [3.05, 3.63) is 106 Å². The van der Waals surface area contributed by atoms with Crippen LogP contribution in [0.3, 0.4) is 0 Å². The number of hydrogen-bond acceptors (Lipinski definition) is 2. The molecule has 0 heterocycles. The molecular weight excluding hydrogens is 368 g/mol. The van der Waals surface area contributed by atoms with Crippen molar-refractivity contribution >= 4 is 0 Å². The summed E-state index contributed by atoms with van der Waals surface area (Å²) in [5.74, 6) is 0. The molecule has 2 aromatic rings. The van der Waals surface area contributed by atoms with Gasteiger partial charge in [0.2, 0.25) is 0 Å². The van der Waals surface area contributed by atoms with E-state index in [0.29, 0.717) is 26.4 Å². The summed E-state index contributed by atoms with van der Waals surface area (Å²) in [7, 11) is 0. The first-order valence-electron chi connectivity index (χ1n) is 10.9. The fraction of sp³-hybridized carbons (Fsp3) is 0.357.